The van der Waals surface area contributed by atoms with Gasteiger partial charge in [0.05, 0.1) is 12.1 Å². The highest BCUT2D eigenvalue weighted by Crippen LogP contribution is 2.33. The monoisotopic (exact) mass is 244 g/mol. The molecule has 1 aromatic carbocycles. The first-order chi connectivity index (χ1) is 8.25. The van der Waals surface area contributed by atoms with Crippen molar-refractivity contribution in [1.82, 2.24) is 4.98 Å². The van der Waals surface area contributed by atoms with Crippen LogP contribution in [-0.4, -0.2) is 10.9 Å². The van der Waals surface area contributed by atoms with E-state index in [-0.39, 0.29) is 5.91 Å². The smallest absolute Gasteiger partial charge is 0.237 e. The maximum absolute atomic E-state index is 12.0. The van der Waals surface area contributed by atoms with E-state index in [4.69, 9.17) is 11.6 Å². The Morgan fingerprint density at radius 3 is 2.71 bits per heavy atom. The van der Waals surface area contributed by atoms with Crippen LogP contribution in [0.5, 0.6) is 0 Å². The van der Waals surface area contributed by atoms with E-state index in [0.29, 0.717) is 11.4 Å². The quantitative estimate of drug-likeness (QED) is 0.773. The highest BCUT2D eigenvalue weighted by molar-refractivity contribution is 6.30. The Hall–Kier alpha value is -1.87. The van der Waals surface area contributed by atoms with Gasteiger partial charge < -0.3 is 0 Å². The van der Waals surface area contributed by atoms with Crippen LogP contribution in [0.1, 0.15) is 5.56 Å². The van der Waals surface area contributed by atoms with E-state index in [1.54, 1.807) is 23.2 Å². The van der Waals surface area contributed by atoms with Crippen LogP contribution in [0.2, 0.25) is 5.02 Å². The van der Waals surface area contributed by atoms with Crippen molar-refractivity contribution in [2.75, 3.05) is 4.90 Å². The van der Waals surface area contributed by atoms with Crippen LogP contribution in [0.15, 0.2) is 42.6 Å². The van der Waals surface area contributed by atoms with Crippen molar-refractivity contribution >= 4 is 29.0 Å². The summed E-state index contributed by atoms with van der Waals surface area (Å²) in [4.78, 5) is 17.9. The van der Waals surface area contributed by atoms with Gasteiger partial charge in [-0.1, -0.05) is 17.7 Å². The summed E-state index contributed by atoms with van der Waals surface area (Å²) in [5.41, 5.74) is 1.77. The average molecular weight is 245 g/mol. The lowest BCUT2D eigenvalue weighted by atomic mass is 10.2. The molecule has 17 heavy (non-hydrogen) atoms. The number of hydrogen-bond donors (Lipinski definition) is 0. The molecule has 84 valence electrons. The first-order valence-corrected chi connectivity index (χ1v) is 5.66. The predicted octanol–water partition coefficient (Wildman–Crippen LogP) is 2.96. The fourth-order valence-electron chi connectivity index (χ4n) is 1.99. The molecule has 2 aromatic rings. The number of anilines is 2. The van der Waals surface area contributed by atoms with Crippen molar-refractivity contribution in [3.8, 4) is 0 Å². The molecule has 1 amide bonds. The molecule has 0 fully saturated rings. The van der Waals surface area contributed by atoms with Crippen molar-refractivity contribution in [1.29, 1.82) is 0 Å². The zero-order valence-electron chi connectivity index (χ0n) is 8.93. The number of fused-ring (bicyclic) bond motifs is 1. The summed E-state index contributed by atoms with van der Waals surface area (Å²) in [6.07, 6.45) is 2.10. The van der Waals surface area contributed by atoms with Gasteiger partial charge in [-0.25, -0.2) is 4.98 Å². The minimum atomic E-state index is 0.0426. The van der Waals surface area contributed by atoms with Gasteiger partial charge in [0.15, 0.2) is 0 Å². The van der Waals surface area contributed by atoms with Crippen molar-refractivity contribution < 1.29 is 4.79 Å². The fourth-order valence-corrected chi connectivity index (χ4v) is 2.11. The normalized spacial score (nSPS) is 13.9. The van der Waals surface area contributed by atoms with Gasteiger partial charge in [0.25, 0.3) is 0 Å². The molecule has 0 saturated carbocycles. The Morgan fingerprint density at radius 1 is 1.18 bits per heavy atom. The first-order valence-electron chi connectivity index (χ1n) is 5.28. The zero-order valence-corrected chi connectivity index (χ0v) is 9.69. The van der Waals surface area contributed by atoms with Gasteiger partial charge in [-0.05, 0) is 30.3 Å². The largest absolute Gasteiger partial charge is 0.274 e. The van der Waals surface area contributed by atoms with E-state index < -0.39 is 0 Å². The fraction of sp³-hybridized carbons (Fsp3) is 0.0769. The van der Waals surface area contributed by atoms with Crippen LogP contribution in [0.4, 0.5) is 11.5 Å². The van der Waals surface area contributed by atoms with Crippen molar-refractivity contribution in [3.05, 3.63) is 53.2 Å². The van der Waals surface area contributed by atoms with Crippen LogP contribution < -0.4 is 4.90 Å². The Labute approximate surface area is 104 Å². The van der Waals surface area contributed by atoms with E-state index >= 15 is 0 Å². The zero-order chi connectivity index (χ0) is 11.8. The molecule has 4 heteroatoms. The van der Waals surface area contributed by atoms with Gasteiger partial charge in [0.1, 0.15) is 5.82 Å². The topological polar surface area (TPSA) is 33.2 Å². The molecule has 0 radical (unpaired) electrons. The summed E-state index contributed by atoms with van der Waals surface area (Å²) in [7, 11) is 0. The highest BCUT2D eigenvalue weighted by atomic mass is 35.5. The average Bonchev–Trinajstić information content (AvgIpc) is 2.66. The number of pyridine rings is 1. The number of rotatable bonds is 1. The van der Waals surface area contributed by atoms with Crippen LogP contribution in [0.25, 0.3) is 0 Å². The molecule has 0 bridgehead atoms. The van der Waals surface area contributed by atoms with Gasteiger partial charge in [-0.3, -0.25) is 9.69 Å². The lowest BCUT2D eigenvalue weighted by Crippen LogP contribution is -2.21. The second kappa shape index (κ2) is 3.86. The number of benzene rings is 1. The highest BCUT2D eigenvalue weighted by Gasteiger charge is 2.29. The maximum Gasteiger partial charge on any atom is 0.237 e. The third kappa shape index (κ3) is 1.68. The third-order valence-electron chi connectivity index (χ3n) is 2.76. The van der Waals surface area contributed by atoms with E-state index in [9.17, 15) is 4.79 Å². The molecule has 1 aromatic heterocycles. The van der Waals surface area contributed by atoms with Gasteiger partial charge >= 0.3 is 0 Å². The molecule has 1 aliphatic rings. The van der Waals surface area contributed by atoms with E-state index in [0.717, 1.165) is 17.1 Å². The molecule has 1 aliphatic heterocycles. The molecule has 2 heterocycles. The predicted molar refractivity (Wildman–Crippen MR) is 66.5 cm³/mol. The summed E-state index contributed by atoms with van der Waals surface area (Å²) in [5.74, 6) is 0.765. The van der Waals surface area contributed by atoms with Crippen LogP contribution in [-0.2, 0) is 11.2 Å². The number of carbonyl (C=O) groups is 1. The standard InChI is InChI=1S/C13H9ClN2O/c14-10-3-5-11(6-4-10)16-12(17)8-9-2-1-7-15-13(9)16/h1-7H,8H2. The number of halogens is 1. The number of carbonyl (C=O) groups excluding carboxylic acids is 1. The minimum Gasteiger partial charge on any atom is -0.274 e. The summed E-state index contributed by atoms with van der Waals surface area (Å²) in [5, 5.41) is 0.654. The molecule has 0 saturated heterocycles. The second-order valence-electron chi connectivity index (χ2n) is 3.87. The molecule has 0 aliphatic carbocycles. The van der Waals surface area contributed by atoms with Crippen LogP contribution >= 0.6 is 11.6 Å². The SMILES string of the molecule is O=C1Cc2cccnc2N1c1ccc(Cl)cc1. The summed E-state index contributed by atoms with van der Waals surface area (Å²) < 4.78 is 0. The van der Waals surface area contributed by atoms with E-state index in [2.05, 4.69) is 4.98 Å². The summed E-state index contributed by atoms with van der Waals surface area (Å²) in [6.45, 7) is 0. The Kier molecular flexibility index (Phi) is 2.34. The molecule has 3 nitrogen and oxygen atoms in total. The van der Waals surface area contributed by atoms with E-state index in [1.165, 1.54) is 0 Å². The number of amides is 1. The second-order valence-corrected chi connectivity index (χ2v) is 4.30. The number of nitrogens with zero attached hydrogens (tertiary/aromatic N) is 2. The maximum atomic E-state index is 12.0. The van der Waals surface area contributed by atoms with Crippen LogP contribution in [0, 0.1) is 0 Å². The molecule has 0 spiro atoms. The molecular weight excluding hydrogens is 236 g/mol. The molecule has 0 unspecified atom stereocenters. The Bertz CT molecular complexity index is 580. The van der Waals surface area contributed by atoms with Crippen molar-refractivity contribution in [3.63, 3.8) is 0 Å². The molecule has 0 atom stereocenters. The number of hydrogen-bond acceptors (Lipinski definition) is 2. The molecule has 3 rings (SSSR count). The lowest BCUT2D eigenvalue weighted by molar-refractivity contribution is -0.116. The number of aromatic nitrogens is 1. The van der Waals surface area contributed by atoms with E-state index in [1.807, 2.05) is 24.3 Å². The van der Waals surface area contributed by atoms with Gasteiger partial charge in [-0.2, -0.15) is 0 Å². The van der Waals surface area contributed by atoms with Crippen molar-refractivity contribution in [2.24, 2.45) is 0 Å². The lowest BCUT2D eigenvalue weighted by Gasteiger charge is -2.16. The third-order valence-corrected chi connectivity index (χ3v) is 3.01. The van der Waals surface area contributed by atoms with Crippen molar-refractivity contribution in [2.45, 2.75) is 6.42 Å². The summed E-state index contributed by atoms with van der Waals surface area (Å²) in [6, 6.07) is 11.0. The minimum absolute atomic E-state index is 0.0426. The Balaban J connectivity index is 2.09. The van der Waals surface area contributed by atoms with Gasteiger partial charge in [0, 0.05) is 16.8 Å². The van der Waals surface area contributed by atoms with Gasteiger partial charge in [0.2, 0.25) is 5.91 Å². The first kappa shape index (κ1) is 10.3. The molecular formula is C13H9ClN2O. The Morgan fingerprint density at radius 2 is 1.94 bits per heavy atom. The van der Waals surface area contributed by atoms with Gasteiger partial charge in [-0.15, -0.1) is 0 Å². The summed E-state index contributed by atoms with van der Waals surface area (Å²) >= 11 is 5.84. The molecule has 0 N–H and O–H groups in total. The van der Waals surface area contributed by atoms with Crippen LogP contribution in [0.3, 0.4) is 0 Å².